The summed E-state index contributed by atoms with van der Waals surface area (Å²) in [6.07, 6.45) is 2.13. The molecule has 0 aliphatic rings. The van der Waals surface area contributed by atoms with Crippen LogP contribution in [0.15, 0.2) is 0 Å². The predicted octanol–water partition coefficient (Wildman–Crippen LogP) is 2.90. The number of rotatable bonds is 10. The minimum atomic E-state index is -0.679. The molecule has 0 heterocycles. The van der Waals surface area contributed by atoms with Gasteiger partial charge in [-0.1, -0.05) is 6.92 Å². The Morgan fingerprint density at radius 1 is 1.16 bits per heavy atom. The molecule has 0 aromatic heterocycles. The van der Waals surface area contributed by atoms with Gasteiger partial charge in [-0.2, -0.15) is 0 Å². The van der Waals surface area contributed by atoms with Crippen LogP contribution in [0.4, 0.5) is 4.79 Å². The Balaban J connectivity index is 3.40. The molecule has 0 rings (SSSR count). The summed E-state index contributed by atoms with van der Waals surface area (Å²) in [4.78, 5) is 11.2. The summed E-state index contributed by atoms with van der Waals surface area (Å²) in [5.74, 6) is 0. The van der Waals surface area contributed by atoms with E-state index in [0.29, 0.717) is 38.9 Å². The van der Waals surface area contributed by atoms with Crippen molar-refractivity contribution in [2.75, 3.05) is 19.8 Å². The molecule has 19 heavy (non-hydrogen) atoms. The van der Waals surface area contributed by atoms with Gasteiger partial charge in [0.1, 0.15) is 0 Å². The molecule has 114 valence electrons. The lowest BCUT2D eigenvalue weighted by Crippen LogP contribution is -2.23. The summed E-state index contributed by atoms with van der Waals surface area (Å²) in [7, 11) is 0. The lowest BCUT2D eigenvalue weighted by molar-refractivity contribution is 0.0203. The predicted molar refractivity (Wildman–Crippen MR) is 73.2 cm³/mol. The molecule has 0 amide bonds. The molecule has 1 N–H and O–H groups in total. The van der Waals surface area contributed by atoms with Crippen LogP contribution in [0.2, 0.25) is 0 Å². The molecule has 0 bridgehead atoms. The first-order valence-corrected chi connectivity index (χ1v) is 7.01. The minimum Gasteiger partial charge on any atom is -0.434 e. The smallest absolute Gasteiger partial charge is 0.434 e. The minimum absolute atomic E-state index is 0.193. The van der Waals surface area contributed by atoms with Crippen LogP contribution in [0.3, 0.4) is 0 Å². The summed E-state index contributed by atoms with van der Waals surface area (Å²) < 4.78 is 15.1. The van der Waals surface area contributed by atoms with Crippen molar-refractivity contribution in [3.63, 3.8) is 0 Å². The molecule has 0 saturated heterocycles. The van der Waals surface area contributed by atoms with Gasteiger partial charge in [-0.05, 0) is 40.0 Å². The molecule has 0 spiro atoms. The lowest BCUT2D eigenvalue weighted by atomic mass is 9.98. The van der Waals surface area contributed by atoms with Crippen molar-refractivity contribution in [1.82, 2.24) is 0 Å². The molecule has 0 fully saturated rings. The van der Waals surface area contributed by atoms with Crippen LogP contribution in [0, 0.1) is 0 Å². The standard InChI is InChI=1S/C14H28O5/c1-5-14(4,16)8-6-9-18-13(15)19-11-7-10-17-12(2)3/h12,16H,5-11H2,1-4H3. The third-order valence-electron chi connectivity index (χ3n) is 2.80. The largest absolute Gasteiger partial charge is 0.508 e. The molecule has 5 heteroatoms. The lowest BCUT2D eigenvalue weighted by Gasteiger charge is -2.20. The second kappa shape index (κ2) is 10.0. The Kier molecular flexibility index (Phi) is 9.61. The quantitative estimate of drug-likeness (QED) is 0.491. The molecule has 1 atom stereocenters. The summed E-state index contributed by atoms with van der Waals surface area (Å²) in [5, 5.41) is 9.75. The average Bonchev–Trinajstić information content (AvgIpc) is 2.34. The van der Waals surface area contributed by atoms with Crippen LogP contribution in [0.1, 0.15) is 53.4 Å². The average molecular weight is 276 g/mol. The molecule has 0 aromatic rings. The van der Waals surface area contributed by atoms with Crippen molar-refractivity contribution >= 4 is 6.16 Å². The zero-order chi connectivity index (χ0) is 14.7. The van der Waals surface area contributed by atoms with E-state index < -0.39 is 11.8 Å². The van der Waals surface area contributed by atoms with Crippen molar-refractivity contribution in [2.24, 2.45) is 0 Å². The highest BCUT2D eigenvalue weighted by Gasteiger charge is 2.16. The van der Waals surface area contributed by atoms with Crippen molar-refractivity contribution < 1.29 is 24.1 Å². The summed E-state index contributed by atoms with van der Waals surface area (Å²) in [6, 6.07) is 0. The second-order valence-corrected chi connectivity index (χ2v) is 5.17. The van der Waals surface area contributed by atoms with Gasteiger partial charge in [0.15, 0.2) is 0 Å². The fourth-order valence-electron chi connectivity index (χ4n) is 1.36. The van der Waals surface area contributed by atoms with E-state index >= 15 is 0 Å². The Morgan fingerprint density at radius 2 is 1.74 bits per heavy atom. The topological polar surface area (TPSA) is 65.0 Å². The summed E-state index contributed by atoms with van der Waals surface area (Å²) >= 11 is 0. The SMILES string of the molecule is CCC(C)(O)CCCOC(=O)OCCCOC(C)C. The maximum absolute atomic E-state index is 11.2. The van der Waals surface area contributed by atoms with Crippen molar-refractivity contribution in [3.05, 3.63) is 0 Å². The molecule has 0 aliphatic carbocycles. The highest BCUT2D eigenvalue weighted by molar-refractivity contribution is 5.59. The molecule has 0 saturated carbocycles. The van der Waals surface area contributed by atoms with Crippen molar-refractivity contribution in [3.8, 4) is 0 Å². The van der Waals surface area contributed by atoms with Crippen molar-refractivity contribution in [1.29, 1.82) is 0 Å². The molecule has 0 aliphatic heterocycles. The van der Waals surface area contributed by atoms with Crippen LogP contribution in [-0.4, -0.2) is 42.8 Å². The first-order chi connectivity index (χ1) is 8.87. The maximum Gasteiger partial charge on any atom is 0.508 e. The molecule has 0 radical (unpaired) electrons. The van der Waals surface area contributed by atoms with Crippen LogP contribution in [0.25, 0.3) is 0 Å². The number of aliphatic hydroxyl groups is 1. The number of carbonyl (C=O) groups is 1. The summed E-state index contributed by atoms with van der Waals surface area (Å²) in [6.45, 7) is 8.77. The van der Waals surface area contributed by atoms with E-state index in [1.807, 2.05) is 20.8 Å². The number of hydrogen-bond donors (Lipinski definition) is 1. The van der Waals surface area contributed by atoms with Gasteiger partial charge in [-0.25, -0.2) is 4.79 Å². The first kappa shape index (κ1) is 18.2. The van der Waals surface area contributed by atoms with Crippen LogP contribution in [-0.2, 0) is 14.2 Å². The van der Waals surface area contributed by atoms with E-state index in [9.17, 15) is 9.90 Å². The fourth-order valence-corrected chi connectivity index (χ4v) is 1.36. The first-order valence-electron chi connectivity index (χ1n) is 7.01. The Labute approximate surface area is 116 Å². The zero-order valence-electron chi connectivity index (χ0n) is 12.6. The number of ether oxygens (including phenoxy) is 3. The Bertz CT molecular complexity index is 238. The van der Waals surface area contributed by atoms with Crippen LogP contribution >= 0.6 is 0 Å². The van der Waals surface area contributed by atoms with Gasteiger partial charge >= 0.3 is 6.16 Å². The number of hydrogen-bond acceptors (Lipinski definition) is 5. The van der Waals surface area contributed by atoms with Gasteiger partial charge in [-0.15, -0.1) is 0 Å². The zero-order valence-corrected chi connectivity index (χ0v) is 12.6. The van der Waals surface area contributed by atoms with Crippen molar-refractivity contribution in [2.45, 2.75) is 65.1 Å². The second-order valence-electron chi connectivity index (χ2n) is 5.17. The maximum atomic E-state index is 11.2. The van der Waals surface area contributed by atoms with E-state index in [1.165, 1.54) is 0 Å². The fraction of sp³-hybridized carbons (Fsp3) is 0.929. The number of carbonyl (C=O) groups excluding carboxylic acids is 1. The molecule has 1 unspecified atom stereocenters. The molecule has 5 nitrogen and oxygen atoms in total. The highest BCUT2D eigenvalue weighted by Crippen LogP contribution is 2.15. The molecular formula is C14H28O5. The highest BCUT2D eigenvalue weighted by atomic mass is 16.7. The van der Waals surface area contributed by atoms with Gasteiger partial charge in [0.05, 0.1) is 31.5 Å². The van der Waals surface area contributed by atoms with E-state index in [4.69, 9.17) is 14.2 Å². The summed E-state index contributed by atoms with van der Waals surface area (Å²) in [5.41, 5.74) is -0.679. The third kappa shape index (κ3) is 12.0. The van der Waals surface area contributed by atoms with E-state index in [-0.39, 0.29) is 12.7 Å². The Hall–Kier alpha value is -0.810. The van der Waals surface area contributed by atoms with E-state index in [1.54, 1.807) is 6.92 Å². The van der Waals surface area contributed by atoms with Crippen LogP contribution < -0.4 is 0 Å². The molecular weight excluding hydrogens is 248 g/mol. The van der Waals surface area contributed by atoms with Gasteiger partial charge in [0.2, 0.25) is 0 Å². The monoisotopic (exact) mass is 276 g/mol. The van der Waals surface area contributed by atoms with Crippen LogP contribution in [0.5, 0.6) is 0 Å². The Morgan fingerprint density at radius 3 is 2.26 bits per heavy atom. The molecule has 0 aromatic carbocycles. The van der Waals surface area contributed by atoms with E-state index in [0.717, 1.165) is 0 Å². The third-order valence-corrected chi connectivity index (χ3v) is 2.80. The van der Waals surface area contributed by atoms with E-state index in [2.05, 4.69) is 0 Å². The van der Waals surface area contributed by atoms with Gasteiger partial charge in [0, 0.05) is 6.42 Å². The van der Waals surface area contributed by atoms with Gasteiger partial charge < -0.3 is 19.3 Å². The normalized spacial score (nSPS) is 14.2. The van der Waals surface area contributed by atoms with Gasteiger partial charge in [0.25, 0.3) is 0 Å². The van der Waals surface area contributed by atoms with Gasteiger partial charge in [-0.3, -0.25) is 0 Å².